The summed E-state index contributed by atoms with van der Waals surface area (Å²) in [5, 5.41) is 3.43. The van der Waals surface area contributed by atoms with Crippen molar-refractivity contribution in [3.63, 3.8) is 0 Å². The normalized spacial score (nSPS) is 16.9. The molecule has 0 atom stereocenters. The Labute approximate surface area is 175 Å². The number of likely N-dealkylation sites (tertiary alicyclic amines) is 1. The first-order valence-corrected chi connectivity index (χ1v) is 9.76. The number of aromatic nitrogens is 1. The van der Waals surface area contributed by atoms with Gasteiger partial charge < -0.3 is 19.9 Å². The fourth-order valence-electron chi connectivity index (χ4n) is 4.16. The average Bonchev–Trinajstić information content (AvgIpc) is 3.13. The highest BCUT2D eigenvalue weighted by molar-refractivity contribution is 6.00. The van der Waals surface area contributed by atoms with Gasteiger partial charge in [0, 0.05) is 23.5 Å². The van der Waals surface area contributed by atoms with E-state index >= 15 is 0 Å². The van der Waals surface area contributed by atoms with E-state index in [1.165, 1.54) is 29.2 Å². The standard InChI is InChI=1S/C22H18F3N3O3/c23-14-2-3-15-18(29)8-22(31-19(15)7-14)10-28(11-22)21(30)26-9-12-1-4-16-13(5-12)6-17(27-16)20(24)25/h1-7,20,27H,8-11H2,(H,26,30). The molecular formula is C22H18F3N3O3. The monoisotopic (exact) mass is 429 g/mol. The summed E-state index contributed by atoms with van der Waals surface area (Å²) < 4.78 is 45.0. The molecule has 0 aliphatic carbocycles. The fourth-order valence-corrected chi connectivity index (χ4v) is 4.16. The molecule has 9 heteroatoms. The van der Waals surface area contributed by atoms with Crippen molar-refractivity contribution in [1.29, 1.82) is 0 Å². The lowest BCUT2D eigenvalue weighted by molar-refractivity contribution is -0.0598. The topological polar surface area (TPSA) is 74.4 Å². The number of H-pyrrole nitrogens is 1. The summed E-state index contributed by atoms with van der Waals surface area (Å²) in [6.45, 7) is 0.658. The molecule has 31 heavy (non-hydrogen) atoms. The Morgan fingerprint density at radius 3 is 2.77 bits per heavy atom. The number of urea groups is 1. The van der Waals surface area contributed by atoms with E-state index in [1.807, 2.05) is 0 Å². The maximum atomic E-state index is 13.5. The third-order valence-corrected chi connectivity index (χ3v) is 5.68. The summed E-state index contributed by atoms with van der Waals surface area (Å²) in [5.41, 5.74) is 0.746. The number of ketones is 1. The first kappa shape index (κ1) is 19.5. The number of aromatic amines is 1. The fraction of sp³-hybridized carbons (Fsp3) is 0.273. The van der Waals surface area contributed by atoms with Gasteiger partial charge in [0.2, 0.25) is 0 Å². The summed E-state index contributed by atoms with van der Waals surface area (Å²) in [4.78, 5) is 29.0. The van der Waals surface area contributed by atoms with Gasteiger partial charge in [0.15, 0.2) is 11.4 Å². The van der Waals surface area contributed by atoms with E-state index in [4.69, 9.17) is 4.74 Å². The second-order valence-corrected chi connectivity index (χ2v) is 7.99. The summed E-state index contributed by atoms with van der Waals surface area (Å²) >= 11 is 0. The second kappa shape index (κ2) is 7.04. The van der Waals surface area contributed by atoms with Crippen molar-refractivity contribution in [2.75, 3.05) is 13.1 Å². The summed E-state index contributed by atoms with van der Waals surface area (Å²) in [5.74, 6) is -0.416. The molecule has 2 aromatic carbocycles. The first-order chi connectivity index (χ1) is 14.8. The number of benzene rings is 2. The molecule has 0 saturated carbocycles. The molecule has 2 N–H and O–H groups in total. The van der Waals surface area contributed by atoms with Gasteiger partial charge in [0.25, 0.3) is 6.43 Å². The van der Waals surface area contributed by atoms with Crippen molar-refractivity contribution in [2.45, 2.75) is 25.0 Å². The van der Waals surface area contributed by atoms with Crippen molar-refractivity contribution >= 4 is 22.7 Å². The van der Waals surface area contributed by atoms with E-state index in [9.17, 15) is 22.8 Å². The van der Waals surface area contributed by atoms with Crippen LogP contribution < -0.4 is 10.1 Å². The molecule has 1 saturated heterocycles. The highest BCUT2D eigenvalue weighted by atomic mass is 19.3. The Hall–Kier alpha value is -3.49. The van der Waals surface area contributed by atoms with Crippen LogP contribution in [0.5, 0.6) is 5.75 Å². The summed E-state index contributed by atoms with van der Waals surface area (Å²) in [7, 11) is 0. The van der Waals surface area contributed by atoms with E-state index < -0.39 is 17.8 Å². The minimum atomic E-state index is -2.58. The van der Waals surface area contributed by atoms with Gasteiger partial charge in [0.05, 0.1) is 30.8 Å². The van der Waals surface area contributed by atoms with Crippen LogP contribution in [0.3, 0.4) is 0 Å². The molecule has 3 heterocycles. The lowest BCUT2D eigenvalue weighted by Crippen LogP contribution is -2.69. The second-order valence-electron chi connectivity index (χ2n) is 7.99. The number of rotatable bonds is 3. The number of ether oxygens (including phenoxy) is 1. The molecule has 0 radical (unpaired) electrons. The third-order valence-electron chi connectivity index (χ3n) is 5.68. The van der Waals surface area contributed by atoms with Gasteiger partial charge in [-0.15, -0.1) is 0 Å². The molecule has 1 spiro atoms. The molecule has 0 unspecified atom stereocenters. The molecule has 5 rings (SSSR count). The van der Waals surface area contributed by atoms with Gasteiger partial charge in [0.1, 0.15) is 11.6 Å². The van der Waals surface area contributed by atoms with E-state index in [0.29, 0.717) is 16.5 Å². The molecule has 2 aliphatic rings. The van der Waals surface area contributed by atoms with Gasteiger partial charge in [-0.05, 0) is 35.9 Å². The smallest absolute Gasteiger partial charge is 0.317 e. The predicted molar refractivity (Wildman–Crippen MR) is 106 cm³/mol. The van der Waals surface area contributed by atoms with Crippen LogP contribution in [-0.4, -0.2) is 40.4 Å². The Balaban J connectivity index is 1.20. The van der Waals surface area contributed by atoms with Crippen molar-refractivity contribution in [3.05, 3.63) is 65.1 Å². The minimum Gasteiger partial charge on any atom is -0.482 e. The highest BCUT2D eigenvalue weighted by Crippen LogP contribution is 2.39. The largest absolute Gasteiger partial charge is 0.482 e. The maximum Gasteiger partial charge on any atom is 0.317 e. The SMILES string of the molecule is O=C1CC2(CN(C(=O)NCc3ccc4[nH]c(C(F)F)cc4c3)C2)Oc2cc(F)ccc21. The predicted octanol–water partition coefficient (Wildman–Crippen LogP) is 4.17. The Morgan fingerprint density at radius 1 is 1.19 bits per heavy atom. The zero-order valence-corrected chi connectivity index (χ0v) is 16.3. The number of halogens is 3. The number of nitrogens with one attached hydrogen (secondary N) is 2. The summed E-state index contributed by atoms with van der Waals surface area (Å²) in [6.07, 6.45) is -2.45. The van der Waals surface area contributed by atoms with Gasteiger partial charge in [-0.3, -0.25) is 4.79 Å². The van der Waals surface area contributed by atoms with Crippen molar-refractivity contribution in [2.24, 2.45) is 0 Å². The van der Waals surface area contributed by atoms with Crippen LogP contribution >= 0.6 is 0 Å². The Bertz CT molecular complexity index is 1200. The van der Waals surface area contributed by atoms with Crippen LogP contribution in [0.15, 0.2) is 42.5 Å². The van der Waals surface area contributed by atoms with Crippen LogP contribution in [0.2, 0.25) is 0 Å². The lowest BCUT2D eigenvalue weighted by atomic mass is 9.84. The van der Waals surface area contributed by atoms with Crippen molar-refractivity contribution in [3.8, 4) is 5.75 Å². The van der Waals surface area contributed by atoms with Gasteiger partial charge in [-0.1, -0.05) is 6.07 Å². The number of nitrogens with zero attached hydrogens (tertiary/aromatic N) is 1. The molecule has 2 amide bonds. The van der Waals surface area contributed by atoms with Crippen LogP contribution in [0.1, 0.15) is 34.5 Å². The number of amides is 2. The van der Waals surface area contributed by atoms with Crippen molar-refractivity contribution < 1.29 is 27.5 Å². The number of carbonyl (C=O) groups is 2. The van der Waals surface area contributed by atoms with Gasteiger partial charge in [-0.2, -0.15) is 0 Å². The lowest BCUT2D eigenvalue weighted by Gasteiger charge is -2.50. The van der Waals surface area contributed by atoms with Crippen LogP contribution in [0.25, 0.3) is 10.9 Å². The van der Waals surface area contributed by atoms with E-state index in [0.717, 1.165) is 5.56 Å². The maximum absolute atomic E-state index is 13.5. The minimum absolute atomic E-state index is 0.131. The van der Waals surface area contributed by atoms with E-state index in [2.05, 4.69) is 10.3 Å². The number of alkyl halides is 2. The molecule has 1 aromatic heterocycles. The van der Waals surface area contributed by atoms with Crippen LogP contribution in [0, 0.1) is 5.82 Å². The van der Waals surface area contributed by atoms with Crippen molar-refractivity contribution in [1.82, 2.24) is 15.2 Å². The number of fused-ring (bicyclic) bond motifs is 2. The van der Waals surface area contributed by atoms with E-state index in [1.54, 1.807) is 18.2 Å². The van der Waals surface area contributed by atoms with Gasteiger partial charge in [-0.25, -0.2) is 18.0 Å². The molecule has 3 aromatic rings. The molecule has 1 fully saturated rings. The van der Waals surface area contributed by atoms with Gasteiger partial charge >= 0.3 is 6.03 Å². The molecule has 160 valence electrons. The number of carbonyl (C=O) groups excluding carboxylic acids is 2. The molecule has 0 bridgehead atoms. The number of hydrogen-bond acceptors (Lipinski definition) is 3. The average molecular weight is 429 g/mol. The molecular weight excluding hydrogens is 411 g/mol. The Kier molecular flexibility index (Phi) is 4.42. The van der Waals surface area contributed by atoms with Crippen LogP contribution in [-0.2, 0) is 6.54 Å². The molecule has 6 nitrogen and oxygen atoms in total. The quantitative estimate of drug-likeness (QED) is 0.656. The summed E-state index contributed by atoms with van der Waals surface area (Å²) in [6, 6.07) is 10.1. The first-order valence-electron chi connectivity index (χ1n) is 9.76. The van der Waals surface area contributed by atoms with E-state index in [-0.39, 0.29) is 49.3 Å². The Morgan fingerprint density at radius 2 is 2.00 bits per heavy atom. The zero-order valence-electron chi connectivity index (χ0n) is 16.3. The molecule has 2 aliphatic heterocycles. The third kappa shape index (κ3) is 3.49. The number of hydrogen-bond donors (Lipinski definition) is 2. The zero-order chi connectivity index (χ0) is 21.8. The van der Waals surface area contributed by atoms with Crippen LogP contribution in [0.4, 0.5) is 18.0 Å². The highest BCUT2D eigenvalue weighted by Gasteiger charge is 2.51. The number of Topliss-reactive ketones (excluding diaryl/α,β-unsaturated/α-hetero) is 1.